The van der Waals surface area contributed by atoms with Crippen LogP contribution in [0.4, 0.5) is 0 Å². The molecule has 0 unspecified atom stereocenters. The Balaban J connectivity index is 1.62. The Bertz CT molecular complexity index is 509. The van der Waals surface area contributed by atoms with Gasteiger partial charge in [0.15, 0.2) is 0 Å². The topological polar surface area (TPSA) is 35.6 Å². The van der Waals surface area contributed by atoms with Crippen molar-refractivity contribution in [3.63, 3.8) is 0 Å². The van der Waals surface area contributed by atoms with Crippen LogP contribution >= 0.6 is 0 Å². The van der Waals surface area contributed by atoms with Gasteiger partial charge in [-0.05, 0) is 0 Å². The van der Waals surface area contributed by atoms with Crippen LogP contribution in [0.2, 0.25) is 10.6 Å². The van der Waals surface area contributed by atoms with Gasteiger partial charge >= 0.3 is 132 Å². The van der Waals surface area contributed by atoms with Gasteiger partial charge in [-0.15, -0.1) is 0 Å². The summed E-state index contributed by atoms with van der Waals surface area (Å²) in [7, 11) is 0. The summed E-state index contributed by atoms with van der Waals surface area (Å²) in [6.07, 6.45) is 0. The molecule has 4 nitrogen and oxygen atoms in total. The molecule has 0 aliphatic carbocycles. The van der Waals surface area contributed by atoms with Crippen molar-refractivity contribution in [2.45, 2.75) is 51.4 Å². The van der Waals surface area contributed by atoms with Crippen molar-refractivity contribution in [1.29, 1.82) is 0 Å². The summed E-state index contributed by atoms with van der Waals surface area (Å²) < 4.78 is 4.29. The van der Waals surface area contributed by atoms with E-state index in [4.69, 9.17) is 0 Å². The van der Waals surface area contributed by atoms with Gasteiger partial charge in [-0.2, -0.15) is 0 Å². The van der Waals surface area contributed by atoms with E-state index in [2.05, 4.69) is 59.4 Å². The Labute approximate surface area is 132 Å². The van der Waals surface area contributed by atoms with Crippen molar-refractivity contribution < 1.29 is 0 Å². The van der Waals surface area contributed by atoms with Crippen LogP contribution in [0.3, 0.4) is 0 Å². The second-order valence-electron chi connectivity index (χ2n) is 4.94. The Morgan fingerprint density at radius 1 is 0.800 bits per heavy atom. The molecule has 0 atom stereocenters. The van der Waals surface area contributed by atoms with Crippen molar-refractivity contribution in [2.75, 3.05) is 0 Å². The van der Waals surface area contributed by atoms with Crippen molar-refractivity contribution in [1.82, 2.24) is 19.6 Å². The molecule has 0 fully saturated rings. The molecule has 2 aromatic heterocycles. The van der Waals surface area contributed by atoms with Crippen molar-refractivity contribution in [3.05, 3.63) is 34.9 Å². The first-order valence-corrected chi connectivity index (χ1v) is 13.6. The zero-order valence-corrected chi connectivity index (χ0v) is 16.0. The Morgan fingerprint density at radius 3 is 1.50 bits per heavy atom. The van der Waals surface area contributed by atoms with Gasteiger partial charge in [-0.3, -0.25) is 0 Å². The fraction of sp³-hybridized carbons (Fsp3) is 0.571. The van der Waals surface area contributed by atoms with Crippen LogP contribution in [-0.2, 0) is 13.1 Å². The molecular formula is C14H22N4Se2. The van der Waals surface area contributed by atoms with Crippen molar-refractivity contribution in [2.24, 2.45) is 0 Å². The van der Waals surface area contributed by atoms with Gasteiger partial charge < -0.3 is 0 Å². The van der Waals surface area contributed by atoms with Gasteiger partial charge in [0.25, 0.3) is 0 Å². The summed E-state index contributed by atoms with van der Waals surface area (Å²) >= 11 is 1.55. The molecule has 2 heterocycles. The molecule has 20 heavy (non-hydrogen) atoms. The van der Waals surface area contributed by atoms with Crippen LogP contribution in [0.1, 0.15) is 22.8 Å². The van der Waals surface area contributed by atoms with Crippen LogP contribution in [-0.4, -0.2) is 45.8 Å². The van der Waals surface area contributed by atoms with Gasteiger partial charge in [0.2, 0.25) is 0 Å². The van der Waals surface area contributed by atoms with E-state index in [1.165, 1.54) is 22.0 Å². The van der Waals surface area contributed by atoms with Crippen LogP contribution in [0, 0.1) is 27.7 Å². The second-order valence-corrected chi connectivity index (χ2v) is 12.8. The first kappa shape index (κ1) is 15.8. The molecule has 2 aromatic rings. The predicted molar refractivity (Wildman–Crippen MR) is 84.5 cm³/mol. The minimum absolute atomic E-state index is 0.773. The van der Waals surface area contributed by atoms with E-state index in [9.17, 15) is 0 Å². The first-order valence-electron chi connectivity index (χ1n) is 6.83. The monoisotopic (exact) mass is 406 g/mol. The molecule has 0 bridgehead atoms. The van der Waals surface area contributed by atoms with E-state index < -0.39 is 0 Å². The molecule has 6 heteroatoms. The van der Waals surface area contributed by atoms with Crippen molar-refractivity contribution in [3.8, 4) is 0 Å². The average Bonchev–Trinajstić information content (AvgIpc) is 2.86. The quantitative estimate of drug-likeness (QED) is 0.524. The number of aryl methyl sites for hydroxylation is 6. The number of nitrogens with zero attached hydrogens (tertiary/aromatic N) is 4. The Hall–Kier alpha value is -0.541. The Morgan fingerprint density at radius 2 is 1.20 bits per heavy atom. The van der Waals surface area contributed by atoms with Crippen LogP contribution in [0.5, 0.6) is 0 Å². The molecule has 0 aliphatic heterocycles. The normalized spacial score (nSPS) is 11.2. The number of hydrogen-bond donors (Lipinski definition) is 0. The summed E-state index contributed by atoms with van der Waals surface area (Å²) in [5, 5.41) is 11.6. The fourth-order valence-corrected chi connectivity index (χ4v) is 7.90. The molecule has 0 N–H and O–H groups in total. The van der Waals surface area contributed by atoms with Gasteiger partial charge in [-0.1, -0.05) is 0 Å². The van der Waals surface area contributed by atoms with Gasteiger partial charge in [0.1, 0.15) is 0 Å². The molecule has 0 spiro atoms. The number of rotatable bonds is 7. The average molecular weight is 404 g/mol. The third-order valence-electron chi connectivity index (χ3n) is 3.06. The van der Waals surface area contributed by atoms with Gasteiger partial charge in [-0.25, -0.2) is 0 Å². The summed E-state index contributed by atoms with van der Waals surface area (Å²) in [6, 6.07) is 4.31. The third-order valence-corrected chi connectivity index (χ3v) is 10.3. The van der Waals surface area contributed by atoms with Crippen molar-refractivity contribution >= 4 is 26.3 Å². The molecule has 0 amide bonds. The van der Waals surface area contributed by atoms with Crippen LogP contribution in [0.15, 0.2) is 12.1 Å². The molecule has 0 saturated heterocycles. The summed E-state index contributed by atoms with van der Waals surface area (Å²) in [5.41, 5.74) is 4.83. The van der Waals surface area contributed by atoms with E-state index >= 15 is 0 Å². The predicted octanol–water partition coefficient (Wildman–Crippen LogP) is 2.17. The van der Waals surface area contributed by atoms with E-state index in [1.807, 2.05) is 0 Å². The molecule has 0 aromatic carbocycles. The maximum absolute atomic E-state index is 4.51. The molecule has 0 aliphatic rings. The number of hydrogen-bond acceptors (Lipinski definition) is 2. The molecular weight excluding hydrogens is 382 g/mol. The maximum atomic E-state index is 4.51. The number of aromatic nitrogens is 4. The summed E-state index contributed by atoms with van der Waals surface area (Å²) in [6.45, 7) is 10.6. The molecule has 0 saturated carbocycles. The van der Waals surface area contributed by atoms with Gasteiger partial charge in [0.05, 0.1) is 0 Å². The molecule has 2 rings (SSSR count). The van der Waals surface area contributed by atoms with Crippen LogP contribution < -0.4 is 0 Å². The standard InChI is InChI=1S/C14H22N4Se2/c1-11-9-13(3)17(15-11)5-7-19-20-8-6-18-14(4)10-12(2)16-18/h9-10H,5-8H2,1-4H3. The van der Waals surface area contributed by atoms with E-state index in [0.29, 0.717) is 0 Å². The van der Waals surface area contributed by atoms with Gasteiger partial charge in [0, 0.05) is 0 Å². The molecule has 110 valence electrons. The first-order chi connectivity index (χ1) is 9.56. The van der Waals surface area contributed by atoms with Crippen LogP contribution in [0.25, 0.3) is 0 Å². The Kier molecular flexibility index (Phi) is 5.91. The van der Waals surface area contributed by atoms with E-state index in [-0.39, 0.29) is 0 Å². The van der Waals surface area contributed by atoms with E-state index in [1.54, 1.807) is 0 Å². The summed E-state index contributed by atoms with van der Waals surface area (Å²) in [5.74, 6) is 0. The van der Waals surface area contributed by atoms with E-state index in [0.717, 1.165) is 50.7 Å². The molecule has 0 radical (unpaired) electrons. The summed E-state index contributed by atoms with van der Waals surface area (Å²) in [4.78, 5) is 0. The second kappa shape index (κ2) is 7.46. The zero-order chi connectivity index (χ0) is 14.5. The SMILES string of the molecule is Cc1cc(C)n(CC[Se][Se]CCn2nc(C)cc2C)n1. The minimum atomic E-state index is 0.773. The zero-order valence-electron chi connectivity index (χ0n) is 12.6. The fourth-order valence-electron chi connectivity index (χ4n) is 2.17. The third kappa shape index (κ3) is 4.49.